The molecule has 12 aromatic carbocycles. The standard InChI is InChI=1S/C74H56N2/c1-53-49-65(41-47-71(53)75(73-35-17-15-33-69(73)59-25-11-5-12-26-59)67-43-37-57(38-44-67)63-31-19-29-61(51-63)55-21-7-3-8-22-55)66-42-48-72(54(2)50-66)76(74-36-18-16-34-70(74)60-27-13-6-14-28-60)68-45-39-58(40-46-68)64-32-20-30-62(52-64)56-23-9-4-10-24-56/h3-52H,1-2H3. The van der Waals surface area contributed by atoms with Crippen molar-refractivity contribution >= 4 is 34.1 Å². The zero-order valence-corrected chi connectivity index (χ0v) is 42.8. The van der Waals surface area contributed by atoms with E-state index in [0.717, 1.165) is 34.1 Å². The first-order valence-electron chi connectivity index (χ1n) is 26.2. The summed E-state index contributed by atoms with van der Waals surface area (Å²) in [6.45, 7) is 4.48. The van der Waals surface area contributed by atoms with Gasteiger partial charge in [0.05, 0.1) is 11.4 Å². The van der Waals surface area contributed by atoms with Crippen LogP contribution in [0.25, 0.3) is 77.9 Å². The average Bonchev–Trinajstić information content (AvgIpc) is 3.51. The molecule has 0 N–H and O–H groups in total. The highest BCUT2D eigenvalue weighted by Crippen LogP contribution is 2.46. The Morgan fingerprint density at radius 1 is 0.184 bits per heavy atom. The molecule has 0 aliphatic heterocycles. The van der Waals surface area contributed by atoms with Crippen LogP contribution in [0.5, 0.6) is 0 Å². The van der Waals surface area contributed by atoms with E-state index in [0.29, 0.717) is 0 Å². The molecule has 76 heavy (non-hydrogen) atoms. The van der Waals surface area contributed by atoms with E-state index in [1.165, 1.54) is 89.0 Å². The molecule has 0 saturated carbocycles. The molecular weight excluding hydrogens is 917 g/mol. The average molecular weight is 973 g/mol. The zero-order valence-electron chi connectivity index (χ0n) is 42.8. The van der Waals surface area contributed by atoms with Crippen molar-refractivity contribution in [2.75, 3.05) is 9.80 Å². The maximum atomic E-state index is 2.42. The van der Waals surface area contributed by atoms with Gasteiger partial charge in [-0.1, -0.05) is 231 Å². The van der Waals surface area contributed by atoms with Crippen molar-refractivity contribution in [2.45, 2.75) is 13.8 Å². The molecule has 0 amide bonds. The third-order valence-corrected chi connectivity index (χ3v) is 14.5. The maximum absolute atomic E-state index is 2.42. The summed E-state index contributed by atoms with van der Waals surface area (Å²) >= 11 is 0. The van der Waals surface area contributed by atoms with E-state index in [1.54, 1.807) is 0 Å². The molecule has 0 radical (unpaired) electrons. The second-order valence-corrected chi connectivity index (χ2v) is 19.4. The first-order valence-corrected chi connectivity index (χ1v) is 26.2. The van der Waals surface area contributed by atoms with Crippen molar-refractivity contribution in [2.24, 2.45) is 0 Å². The summed E-state index contributed by atoms with van der Waals surface area (Å²) < 4.78 is 0. The maximum Gasteiger partial charge on any atom is 0.0540 e. The molecule has 0 unspecified atom stereocenters. The molecule has 0 spiro atoms. The molecule has 0 aliphatic carbocycles. The van der Waals surface area contributed by atoms with Crippen LogP contribution in [0.15, 0.2) is 303 Å². The van der Waals surface area contributed by atoms with Crippen LogP contribution in [0, 0.1) is 13.8 Å². The summed E-state index contributed by atoms with van der Waals surface area (Å²) in [6.07, 6.45) is 0. The van der Waals surface area contributed by atoms with E-state index in [2.05, 4.69) is 327 Å². The van der Waals surface area contributed by atoms with E-state index >= 15 is 0 Å². The highest BCUT2D eigenvalue weighted by atomic mass is 15.2. The van der Waals surface area contributed by atoms with E-state index in [4.69, 9.17) is 0 Å². The van der Waals surface area contributed by atoms with Crippen LogP contribution in [-0.4, -0.2) is 0 Å². The van der Waals surface area contributed by atoms with Crippen LogP contribution in [0.3, 0.4) is 0 Å². The molecule has 0 aromatic heterocycles. The first kappa shape index (κ1) is 47.3. The molecule has 0 saturated heterocycles. The molecule has 2 nitrogen and oxygen atoms in total. The van der Waals surface area contributed by atoms with Crippen LogP contribution in [0.4, 0.5) is 34.1 Å². The molecule has 0 aliphatic rings. The highest BCUT2D eigenvalue weighted by molar-refractivity contribution is 5.92. The Morgan fingerprint density at radius 2 is 0.447 bits per heavy atom. The van der Waals surface area contributed by atoms with Crippen molar-refractivity contribution in [3.05, 3.63) is 314 Å². The normalized spacial score (nSPS) is 11.0. The molecule has 0 heterocycles. The minimum Gasteiger partial charge on any atom is -0.310 e. The number of aryl methyl sites for hydroxylation is 2. The number of para-hydroxylation sites is 2. The van der Waals surface area contributed by atoms with Gasteiger partial charge < -0.3 is 9.80 Å². The number of hydrogen-bond donors (Lipinski definition) is 0. The molecule has 0 bridgehead atoms. The van der Waals surface area contributed by atoms with Crippen molar-refractivity contribution in [1.82, 2.24) is 0 Å². The number of nitrogens with zero attached hydrogens (tertiary/aromatic N) is 2. The minimum atomic E-state index is 1.09. The van der Waals surface area contributed by atoms with Gasteiger partial charge in [0.2, 0.25) is 0 Å². The van der Waals surface area contributed by atoms with Gasteiger partial charge in [-0.25, -0.2) is 0 Å². The number of benzene rings is 12. The van der Waals surface area contributed by atoms with Crippen LogP contribution < -0.4 is 9.80 Å². The molecule has 12 rings (SSSR count). The predicted molar refractivity (Wildman–Crippen MR) is 323 cm³/mol. The highest BCUT2D eigenvalue weighted by Gasteiger charge is 2.22. The van der Waals surface area contributed by atoms with E-state index in [-0.39, 0.29) is 0 Å². The van der Waals surface area contributed by atoms with Crippen molar-refractivity contribution in [3.8, 4) is 77.9 Å². The van der Waals surface area contributed by atoms with Gasteiger partial charge in [-0.2, -0.15) is 0 Å². The predicted octanol–water partition coefficient (Wildman–Crippen LogP) is 20.9. The number of hydrogen-bond acceptors (Lipinski definition) is 2. The fourth-order valence-electron chi connectivity index (χ4n) is 10.7. The summed E-state index contributed by atoms with van der Waals surface area (Å²) in [5, 5.41) is 0. The summed E-state index contributed by atoms with van der Waals surface area (Å²) in [6, 6.07) is 110. The van der Waals surface area contributed by atoms with E-state index < -0.39 is 0 Å². The lowest BCUT2D eigenvalue weighted by Gasteiger charge is -2.30. The molecule has 12 aromatic rings. The molecule has 2 heteroatoms. The number of rotatable bonds is 13. The van der Waals surface area contributed by atoms with Gasteiger partial charge in [0.1, 0.15) is 0 Å². The monoisotopic (exact) mass is 972 g/mol. The van der Waals surface area contributed by atoms with Crippen molar-refractivity contribution in [3.63, 3.8) is 0 Å². The van der Waals surface area contributed by atoms with Crippen LogP contribution in [0.2, 0.25) is 0 Å². The Hall–Kier alpha value is -9.76. The minimum absolute atomic E-state index is 1.09. The van der Waals surface area contributed by atoms with Gasteiger partial charge in [-0.05, 0) is 165 Å². The molecule has 0 fully saturated rings. The fourth-order valence-corrected chi connectivity index (χ4v) is 10.7. The lowest BCUT2D eigenvalue weighted by atomic mass is 9.96. The third-order valence-electron chi connectivity index (χ3n) is 14.5. The smallest absolute Gasteiger partial charge is 0.0540 e. The topological polar surface area (TPSA) is 6.48 Å². The number of anilines is 6. The largest absolute Gasteiger partial charge is 0.310 e. The second kappa shape index (κ2) is 21.4. The Balaban J connectivity index is 0.910. The quantitative estimate of drug-likeness (QED) is 0.114. The molecule has 0 atom stereocenters. The van der Waals surface area contributed by atoms with Crippen LogP contribution >= 0.6 is 0 Å². The lowest BCUT2D eigenvalue weighted by molar-refractivity contribution is 1.24. The Labute approximate surface area is 447 Å². The van der Waals surface area contributed by atoms with Gasteiger partial charge in [0.15, 0.2) is 0 Å². The lowest BCUT2D eigenvalue weighted by Crippen LogP contribution is -2.13. The van der Waals surface area contributed by atoms with Gasteiger partial charge in [0, 0.05) is 33.9 Å². The summed E-state index contributed by atoms with van der Waals surface area (Å²) in [7, 11) is 0. The van der Waals surface area contributed by atoms with Crippen molar-refractivity contribution < 1.29 is 0 Å². The summed E-state index contributed by atoms with van der Waals surface area (Å²) in [4.78, 5) is 4.85. The Kier molecular flexibility index (Phi) is 13.3. The first-order chi connectivity index (χ1) is 37.5. The zero-order chi connectivity index (χ0) is 51.2. The van der Waals surface area contributed by atoms with Gasteiger partial charge in [-0.3, -0.25) is 0 Å². The van der Waals surface area contributed by atoms with Crippen LogP contribution in [-0.2, 0) is 0 Å². The summed E-state index contributed by atoms with van der Waals surface area (Å²) in [5.41, 5.74) is 25.6. The Morgan fingerprint density at radius 3 is 0.789 bits per heavy atom. The van der Waals surface area contributed by atoms with E-state index in [1.807, 2.05) is 0 Å². The fraction of sp³-hybridized carbons (Fsp3) is 0.0270. The van der Waals surface area contributed by atoms with Gasteiger partial charge in [0.25, 0.3) is 0 Å². The van der Waals surface area contributed by atoms with E-state index in [9.17, 15) is 0 Å². The SMILES string of the molecule is Cc1cc(-c2ccc(N(c3ccc(-c4cccc(-c5ccccc5)c4)cc3)c3ccccc3-c3ccccc3)c(C)c2)ccc1N(c1ccc(-c2cccc(-c3ccccc3)c2)cc1)c1ccccc1-c1ccccc1. The molecule has 362 valence electrons. The van der Waals surface area contributed by atoms with Crippen LogP contribution in [0.1, 0.15) is 11.1 Å². The van der Waals surface area contributed by atoms with Gasteiger partial charge in [-0.15, -0.1) is 0 Å². The van der Waals surface area contributed by atoms with Gasteiger partial charge >= 0.3 is 0 Å². The van der Waals surface area contributed by atoms with Crippen molar-refractivity contribution in [1.29, 1.82) is 0 Å². The Bertz CT molecular complexity index is 3660. The third kappa shape index (κ3) is 9.76. The summed E-state index contributed by atoms with van der Waals surface area (Å²) in [5.74, 6) is 0. The second-order valence-electron chi connectivity index (χ2n) is 19.4. The molecular formula is C74H56N2.